The summed E-state index contributed by atoms with van der Waals surface area (Å²) < 4.78 is 24.3. The quantitative estimate of drug-likeness (QED) is 0.369. The molecule has 0 saturated heterocycles. The van der Waals surface area contributed by atoms with Gasteiger partial charge in [0.25, 0.3) is 0 Å². The molecule has 0 aromatic heterocycles. The maximum atomic E-state index is 8.63. The van der Waals surface area contributed by atoms with Crippen molar-refractivity contribution >= 4 is 29.6 Å². The molecular weight excluding hydrogens is 151 g/mol. The van der Waals surface area contributed by atoms with E-state index in [2.05, 4.69) is 0 Å². The van der Waals surface area contributed by atoms with E-state index in [0.717, 1.165) is 0 Å². The fourth-order valence-electron chi connectivity index (χ4n) is 0. The second-order valence-corrected chi connectivity index (χ2v) is 1.04. The largest absolute Gasteiger partial charge is 0.433 e. The fraction of sp³-hybridized carbons (Fsp3) is 0. The summed E-state index contributed by atoms with van der Waals surface area (Å²) in [5, 5.41) is 0. The molecule has 0 spiro atoms. The summed E-state index contributed by atoms with van der Waals surface area (Å²) in [5.74, 6) is 0. The Morgan fingerprint density at radius 1 is 1.40 bits per heavy atom. The fourth-order valence-corrected chi connectivity index (χ4v) is 0. The topological polar surface area (TPSA) is 66.3 Å². The molecule has 0 rings (SSSR count). The molecule has 27 valence electrons. The second kappa shape index (κ2) is 5.36. The van der Waals surface area contributed by atoms with Gasteiger partial charge in [-0.05, 0) is 4.20 Å². The van der Waals surface area contributed by atoms with Crippen molar-refractivity contribution in [1.29, 1.82) is 0 Å². The summed E-state index contributed by atoms with van der Waals surface area (Å²) in [5.41, 5.74) is 0. The van der Waals surface area contributed by atoms with Crippen molar-refractivity contribution in [2.45, 2.75) is 0 Å². The van der Waals surface area contributed by atoms with Crippen molar-refractivity contribution in [3.8, 4) is 0 Å². The molecule has 3 nitrogen and oxygen atoms in total. The van der Waals surface area contributed by atoms with Gasteiger partial charge in [-0.1, -0.05) is 0 Å². The first-order valence-corrected chi connectivity index (χ1v) is 2.48. The number of hydrogen-bond acceptors (Lipinski definition) is 3. The first-order valence-electron chi connectivity index (χ1n) is 0.478. The molecule has 0 aliphatic carbocycles. The van der Waals surface area contributed by atoms with E-state index in [9.17, 15) is 0 Å². The van der Waals surface area contributed by atoms with Crippen LogP contribution < -0.4 is 8.40 Å². The van der Waals surface area contributed by atoms with Gasteiger partial charge in [0, 0.05) is 29.6 Å². The van der Waals surface area contributed by atoms with Gasteiger partial charge in [-0.2, -0.15) is 0 Å². The third-order valence-corrected chi connectivity index (χ3v) is 0. The van der Waals surface area contributed by atoms with E-state index in [0.29, 0.717) is 0 Å². The Balaban J connectivity index is 0. The summed E-state index contributed by atoms with van der Waals surface area (Å²) in [6, 6.07) is 0. The van der Waals surface area contributed by atoms with Crippen LogP contribution in [0.4, 0.5) is 0 Å². The SMILES string of the molecule is [Na].[O-][Br+2]([O-])O. The molecule has 0 fully saturated rings. The third kappa shape index (κ3) is 32.7. The molecule has 1 N–H and O–H groups in total. The van der Waals surface area contributed by atoms with Gasteiger partial charge in [0.05, 0.1) is 0 Å². The van der Waals surface area contributed by atoms with Crippen LogP contribution in [0.2, 0.25) is 0 Å². The van der Waals surface area contributed by atoms with Gasteiger partial charge in [-0.25, -0.2) is 0 Å². The molecule has 0 saturated carbocycles. The Morgan fingerprint density at radius 2 is 1.40 bits per heavy atom. The number of rotatable bonds is 0. The zero-order chi connectivity index (χ0) is 3.58. The van der Waals surface area contributed by atoms with Crippen LogP contribution in [0.15, 0.2) is 0 Å². The molecule has 0 aromatic rings. The average molecular weight is 152 g/mol. The third-order valence-electron chi connectivity index (χ3n) is 0. The first-order chi connectivity index (χ1) is 1.73. The minimum absolute atomic E-state index is 0. The minimum Gasteiger partial charge on any atom is -0.372 e. The van der Waals surface area contributed by atoms with Gasteiger partial charge >= 0.3 is 14.8 Å². The first kappa shape index (κ1) is 9.61. The molecule has 0 unspecified atom stereocenters. The standard InChI is InChI=1S/BrHO3.Na/c2-1(3)4;/h2H;. The van der Waals surface area contributed by atoms with Crippen molar-refractivity contribution < 1.29 is 27.4 Å². The zero-order valence-electron chi connectivity index (χ0n) is 2.64. The molecule has 0 atom stereocenters. The maximum Gasteiger partial charge on any atom is 0.433 e. The van der Waals surface area contributed by atoms with Crippen molar-refractivity contribution in [2.75, 3.05) is 0 Å². The molecule has 0 heterocycles. The Kier molecular flexibility index (Phi) is 10.3. The summed E-state index contributed by atoms with van der Waals surface area (Å²) in [4.78, 5) is 0. The molecule has 0 amide bonds. The average Bonchev–Trinajstić information content (AvgIpc) is 0.811. The van der Waals surface area contributed by atoms with Crippen molar-refractivity contribution in [1.82, 2.24) is 0 Å². The van der Waals surface area contributed by atoms with Gasteiger partial charge in [0.1, 0.15) is 0 Å². The Morgan fingerprint density at radius 3 is 1.40 bits per heavy atom. The van der Waals surface area contributed by atoms with Crippen LogP contribution in [-0.4, -0.2) is 33.8 Å². The van der Waals surface area contributed by atoms with E-state index in [1.165, 1.54) is 0 Å². The van der Waals surface area contributed by atoms with Crippen LogP contribution in [0.3, 0.4) is 0 Å². The van der Waals surface area contributed by atoms with E-state index in [4.69, 9.17) is 12.6 Å². The van der Waals surface area contributed by atoms with E-state index >= 15 is 0 Å². The van der Waals surface area contributed by atoms with Crippen LogP contribution in [0.25, 0.3) is 0 Å². The van der Waals surface area contributed by atoms with E-state index in [1.807, 2.05) is 0 Å². The van der Waals surface area contributed by atoms with Crippen LogP contribution >= 0.6 is 0 Å². The molecule has 0 bridgehead atoms. The van der Waals surface area contributed by atoms with Gasteiger partial charge in [-0.15, -0.1) is 0 Å². The van der Waals surface area contributed by atoms with E-state index in [1.54, 1.807) is 0 Å². The van der Waals surface area contributed by atoms with Gasteiger partial charge in [0.15, 0.2) is 0 Å². The molecule has 1 radical (unpaired) electrons. The predicted molar refractivity (Wildman–Crippen MR) is 7.97 cm³/mol. The van der Waals surface area contributed by atoms with Crippen LogP contribution in [0.1, 0.15) is 0 Å². The van der Waals surface area contributed by atoms with Crippen molar-refractivity contribution in [2.24, 2.45) is 0 Å². The smallest absolute Gasteiger partial charge is 0.372 e. The van der Waals surface area contributed by atoms with Crippen LogP contribution in [-0.2, 0) is 0 Å². The van der Waals surface area contributed by atoms with Gasteiger partial charge in [0.2, 0.25) is 0 Å². The number of halogens is 1. The second-order valence-electron chi connectivity index (χ2n) is 0.201. The van der Waals surface area contributed by atoms with Gasteiger partial charge < -0.3 is 8.40 Å². The summed E-state index contributed by atoms with van der Waals surface area (Å²) in [7, 11) is 0. The molecular formula is HBrNaO3. The number of hydrogen-bond donors (Lipinski definition) is 1. The normalized spacial score (nSPS) is 7.20. The molecule has 5 heteroatoms. The summed E-state index contributed by atoms with van der Waals surface area (Å²) in [6.07, 6.45) is 0. The molecule has 5 heavy (non-hydrogen) atoms. The summed E-state index contributed by atoms with van der Waals surface area (Å²) in [6.45, 7) is 0. The Labute approximate surface area is 56.7 Å². The van der Waals surface area contributed by atoms with Crippen molar-refractivity contribution in [3.63, 3.8) is 0 Å². The summed E-state index contributed by atoms with van der Waals surface area (Å²) >= 11 is -3.40. The molecule has 0 aromatic carbocycles. The van der Waals surface area contributed by atoms with Crippen LogP contribution in [0, 0.1) is 14.8 Å². The van der Waals surface area contributed by atoms with E-state index in [-0.39, 0.29) is 29.6 Å². The zero-order valence-corrected chi connectivity index (χ0v) is 6.23. The molecule has 0 aliphatic heterocycles. The maximum absolute atomic E-state index is 8.63. The molecule has 0 aliphatic rings. The van der Waals surface area contributed by atoms with E-state index < -0.39 is 14.8 Å². The Hall–Kier alpha value is 1.36. The predicted octanol–water partition coefficient (Wildman–Crippen LogP) is -3.32. The minimum atomic E-state index is -3.40. The monoisotopic (exact) mass is 151 g/mol. The Bertz CT molecular complexity index is 11.6. The van der Waals surface area contributed by atoms with Crippen LogP contribution in [0.5, 0.6) is 0 Å². The van der Waals surface area contributed by atoms with Gasteiger partial charge in [-0.3, -0.25) is 0 Å². The van der Waals surface area contributed by atoms with Crippen molar-refractivity contribution in [3.05, 3.63) is 0 Å².